The first kappa shape index (κ1) is 9.23. The van der Waals surface area contributed by atoms with Crippen LogP contribution in [0.4, 0.5) is 0 Å². The fourth-order valence-electron chi connectivity index (χ4n) is 1.57. The maximum Gasteiger partial charge on any atom is 0.282 e. The van der Waals surface area contributed by atoms with Gasteiger partial charge in [0.1, 0.15) is 5.65 Å². The molecular weight excluding hydrogens is 228 g/mol. The quantitative estimate of drug-likeness (QED) is 0.548. The number of rotatable bonds is 0. The molecule has 0 unspecified atom stereocenters. The second kappa shape index (κ2) is 3.24. The number of pyridine rings is 1. The third-order valence-corrected chi connectivity index (χ3v) is 2.44. The molecule has 0 N–H and O–H groups in total. The number of aromatic nitrogens is 4. The highest BCUT2D eigenvalue weighted by atomic mass is 35.5. The van der Waals surface area contributed by atoms with Crippen LogP contribution in [0.1, 0.15) is 0 Å². The van der Waals surface area contributed by atoms with Crippen molar-refractivity contribution in [2.75, 3.05) is 0 Å². The first-order valence-electron chi connectivity index (χ1n) is 4.56. The molecule has 0 aromatic carbocycles. The minimum absolute atomic E-state index is 0.183. The summed E-state index contributed by atoms with van der Waals surface area (Å²) in [7, 11) is 0. The van der Waals surface area contributed by atoms with Crippen molar-refractivity contribution in [2.24, 2.45) is 0 Å². The molecule has 0 aliphatic heterocycles. The van der Waals surface area contributed by atoms with Gasteiger partial charge in [0.25, 0.3) is 5.56 Å². The highest BCUT2D eigenvalue weighted by Crippen LogP contribution is 2.11. The second-order valence-corrected chi connectivity index (χ2v) is 3.64. The van der Waals surface area contributed by atoms with Crippen molar-refractivity contribution in [1.29, 1.82) is 0 Å². The van der Waals surface area contributed by atoms with Crippen LogP contribution in [0.5, 0.6) is 0 Å². The normalized spacial score (nSPS) is 11.1. The molecule has 0 aliphatic rings. The molecule has 78 valence electrons. The van der Waals surface area contributed by atoms with Crippen LogP contribution in [0.2, 0.25) is 5.15 Å². The Hall–Kier alpha value is -2.01. The molecule has 3 heterocycles. The van der Waals surface area contributed by atoms with Crippen molar-refractivity contribution in [3.8, 4) is 0 Å². The number of hydrogen-bond acceptors (Lipinski definition) is 4. The predicted molar refractivity (Wildman–Crippen MR) is 59.6 cm³/mol. The Morgan fingerprint density at radius 3 is 3.00 bits per heavy atom. The maximum atomic E-state index is 11.7. The largest absolute Gasteiger partial charge is 0.284 e. The fraction of sp³-hybridized carbons (Fsp3) is 0. The zero-order valence-corrected chi connectivity index (χ0v) is 8.72. The third kappa shape index (κ3) is 1.25. The topological polar surface area (TPSA) is 60.2 Å². The van der Waals surface area contributed by atoms with Gasteiger partial charge < -0.3 is 0 Å². The van der Waals surface area contributed by atoms with Crippen LogP contribution in [0.25, 0.3) is 16.7 Å². The van der Waals surface area contributed by atoms with Gasteiger partial charge in [-0.1, -0.05) is 17.7 Å². The van der Waals surface area contributed by atoms with E-state index in [1.54, 1.807) is 22.7 Å². The Kier molecular flexibility index (Phi) is 1.87. The average molecular weight is 233 g/mol. The van der Waals surface area contributed by atoms with E-state index in [0.29, 0.717) is 16.7 Å². The van der Waals surface area contributed by atoms with Crippen LogP contribution in [-0.4, -0.2) is 19.6 Å². The summed E-state index contributed by atoms with van der Waals surface area (Å²) in [6.45, 7) is 0. The molecule has 0 radical (unpaired) electrons. The summed E-state index contributed by atoms with van der Waals surface area (Å²) < 4.78 is 1.69. The molecule has 0 aliphatic carbocycles. The van der Waals surface area contributed by atoms with E-state index in [-0.39, 0.29) is 10.7 Å². The van der Waals surface area contributed by atoms with E-state index in [0.717, 1.165) is 0 Å². The molecule has 0 saturated heterocycles. The summed E-state index contributed by atoms with van der Waals surface area (Å²) in [5.41, 5.74) is 0.648. The summed E-state index contributed by atoms with van der Waals surface area (Å²) in [4.78, 5) is 15.6. The standard InChI is InChI=1S/C10H5ClN4O/c11-7-5-6-9(14-13-7)15-4-2-1-3-8(15)12-10(6)16/h1-5H. The van der Waals surface area contributed by atoms with Crippen LogP contribution < -0.4 is 5.56 Å². The predicted octanol–water partition coefficient (Wildman–Crippen LogP) is 1.29. The van der Waals surface area contributed by atoms with Crippen LogP contribution in [0.3, 0.4) is 0 Å². The lowest BCUT2D eigenvalue weighted by atomic mass is 10.3. The van der Waals surface area contributed by atoms with E-state index in [2.05, 4.69) is 15.2 Å². The SMILES string of the molecule is O=c1nc2ccccn2c2nnc(Cl)cc12. The lowest BCUT2D eigenvalue weighted by Gasteiger charge is -2.02. The van der Waals surface area contributed by atoms with Crippen LogP contribution in [0, 0.1) is 0 Å². The summed E-state index contributed by atoms with van der Waals surface area (Å²) in [6.07, 6.45) is 1.77. The van der Waals surface area contributed by atoms with Gasteiger partial charge in [-0.05, 0) is 18.2 Å². The molecule has 0 atom stereocenters. The summed E-state index contributed by atoms with van der Waals surface area (Å²) in [5, 5.41) is 8.18. The fourth-order valence-corrected chi connectivity index (χ4v) is 1.71. The Balaban J connectivity index is 2.65. The van der Waals surface area contributed by atoms with Gasteiger partial charge in [0.15, 0.2) is 10.8 Å². The number of halogens is 1. The molecule has 3 aromatic heterocycles. The van der Waals surface area contributed by atoms with Gasteiger partial charge in [0.05, 0.1) is 5.39 Å². The molecular formula is C10H5ClN4O. The second-order valence-electron chi connectivity index (χ2n) is 3.25. The monoisotopic (exact) mass is 232 g/mol. The van der Waals surface area contributed by atoms with Crippen molar-refractivity contribution in [3.05, 3.63) is 46.0 Å². The van der Waals surface area contributed by atoms with E-state index >= 15 is 0 Å². The van der Waals surface area contributed by atoms with Gasteiger partial charge in [-0.15, -0.1) is 10.2 Å². The molecule has 0 bridgehead atoms. The zero-order valence-electron chi connectivity index (χ0n) is 7.96. The van der Waals surface area contributed by atoms with Crippen LogP contribution in [-0.2, 0) is 0 Å². The van der Waals surface area contributed by atoms with Gasteiger partial charge >= 0.3 is 0 Å². The smallest absolute Gasteiger partial charge is 0.282 e. The molecule has 6 heteroatoms. The molecule has 0 amide bonds. The number of fused-ring (bicyclic) bond motifs is 3. The van der Waals surface area contributed by atoms with Gasteiger partial charge in [-0.2, -0.15) is 4.98 Å². The van der Waals surface area contributed by atoms with E-state index in [1.165, 1.54) is 6.07 Å². The number of nitrogens with zero attached hydrogens (tertiary/aromatic N) is 4. The van der Waals surface area contributed by atoms with Crippen LogP contribution >= 0.6 is 11.6 Å². The Morgan fingerprint density at radius 1 is 1.25 bits per heavy atom. The minimum Gasteiger partial charge on any atom is -0.284 e. The molecule has 3 aromatic rings. The average Bonchev–Trinajstić information content (AvgIpc) is 2.29. The Labute approximate surface area is 94.3 Å². The Morgan fingerprint density at radius 2 is 2.12 bits per heavy atom. The zero-order chi connectivity index (χ0) is 11.1. The Bertz CT molecular complexity index is 752. The molecule has 0 spiro atoms. The van der Waals surface area contributed by atoms with Crippen molar-refractivity contribution in [3.63, 3.8) is 0 Å². The molecule has 5 nitrogen and oxygen atoms in total. The van der Waals surface area contributed by atoms with Crippen molar-refractivity contribution in [1.82, 2.24) is 19.6 Å². The lowest BCUT2D eigenvalue weighted by Crippen LogP contribution is -2.12. The maximum absolute atomic E-state index is 11.7. The summed E-state index contributed by atoms with van der Waals surface area (Å²) in [5.74, 6) is 0. The van der Waals surface area contributed by atoms with Gasteiger partial charge in [0.2, 0.25) is 0 Å². The highest BCUT2D eigenvalue weighted by molar-refractivity contribution is 6.29. The first-order chi connectivity index (χ1) is 7.75. The van der Waals surface area contributed by atoms with Crippen molar-refractivity contribution >= 4 is 28.3 Å². The van der Waals surface area contributed by atoms with E-state index in [4.69, 9.17) is 11.6 Å². The summed E-state index contributed by atoms with van der Waals surface area (Å²) >= 11 is 5.69. The third-order valence-electron chi connectivity index (χ3n) is 2.26. The summed E-state index contributed by atoms with van der Waals surface area (Å²) in [6, 6.07) is 6.83. The molecule has 0 saturated carbocycles. The molecule has 3 rings (SSSR count). The van der Waals surface area contributed by atoms with Crippen molar-refractivity contribution in [2.45, 2.75) is 0 Å². The first-order valence-corrected chi connectivity index (χ1v) is 4.94. The lowest BCUT2D eigenvalue weighted by molar-refractivity contribution is 1.01. The van der Waals surface area contributed by atoms with Gasteiger partial charge in [-0.3, -0.25) is 9.20 Å². The highest BCUT2D eigenvalue weighted by Gasteiger charge is 2.07. The van der Waals surface area contributed by atoms with Crippen molar-refractivity contribution < 1.29 is 0 Å². The minimum atomic E-state index is -0.349. The van der Waals surface area contributed by atoms with Gasteiger partial charge in [0, 0.05) is 6.20 Å². The van der Waals surface area contributed by atoms with E-state index in [1.807, 2.05) is 6.07 Å². The molecule has 16 heavy (non-hydrogen) atoms. The van der Waals surface area contributed by atoms with E-state index in [9.17, 15) is 4.79 Å². The van der Waals surface area contributed by atoms with Crippen LogP contribution in [0.15, 0.2) is 35.3 Å². The molecule has 0 fully saturated rings. The number of hydrogen-bond donors (Lipinski definition) is 0. The van der Waals surface area contributed by atoms with Gasteiger partial charge in [-0.25, -0.2) is 0 Å². The van der Waals surface area contributed by atoms with E-state index < -0.39 is 0 Å².